The second-order valence-corrected chi connectivity index (χ2v) is 7.05. The summed E-state index contributed by atoms with van der Waals surface area (Å²) in [6.45, 7) is 2.80. The van der Waals surface area contributed by atoms with Gasteiger partial charge in [0.2, 0.25) is 0 Å². The average Bonchev–Trinajstić information content (AvgIpc) is 3.22. The molecule has 0 aliphatic rings. The lowest BCUT2D eigenvalue weighted by molar-refractivity contribution is 0.343. The van der Waals surface area contributed by atoms with Gasteiger partial charge in [-0.3, -0.25) is 0 Å². The number of aryl methyl sites for hydroxylation is 1. The van der Waals surface area contributed by atoms with Crippen LogP contribution in [0.5, 0.6) is 5.75 Å². The molecule has 2 heterocycles. The predicted octanol–water partition coefficient (Wildman–Crippen LogP) is 4.28. The molecule has 0 spiro atoms. The van der Waals surface area contributed by atoms with Gasteiger partial charge in [-0.2, -0.15) is 0 Å². The first kappa shape index (κ1) is 16.1. The van der Waals surface area contributed by atoms with Crippen molar-refractivity contribution >= 4 is 23.1 Å². The topological polar surface area (TPSA) is 39.9 Å². The maximum absolute atomic E-state index is 5.81. The van der Waals surface area contributed by atoms with Crippen molar-refractivity contribution in [1.29, 1.82) is 0 Å². The van der Waals surface area contributed by atoms with Crippen LogP contribution in [0.15, 0.2) is 46.9 Å². The van der Waals surface area contributed by atoms with Gasteiger partial charge in [0.25, 0.3) is 0 Å². The molecule has 0 aliphatic heterocycles. The Bertz CT molecular complexity index is 753. The van der Waals surface area contributed by atoms with Gasteiger partial charge >= 0.3 is 0 Å². The molecule has 0 atom stereocenters. The lowest BCUT2D eigenvalue weighted by atomic mass is 10.2. The number of thioether (sulfide) groups is 1. The van der Waals surface area contributed by atoms with Crippen LogP contribution < -0.4 is 4.74 Å². The molecule has 23 heavy (non-hydrogen) atoms. The minimum absolute atomic E-state index is 0.652. The second-order valence-electron chi connectivity index (χ2n) is 5.04. The fraction of sp³-hybridized carbons (Fsp3) is 0.294. The monoisotopic (exact) mass is 345 g/mol. The van der Waals surface area contributed by atoms with Crippen molar-refractivity contribution < 1.29 is 4.74 Å². The molecule has 0 saturated carbocycles. The van der Waals surface area contributed by atoms with Crippen molar-refractivity contribution in [3.05, 3.63) is 47.3 Å². The highest BCUT2D eigenvalue weighted by Gasteiger charge is 2.11. The van der Waals surface area contributed by atoms with E-state index in [-0.39, 0.29) is 0 Å². The van der Waals surface area contributed by atoms with Crippen LogP contribution in [0, 0.1) is 0 Å². The summed E-state index contributed by atoms with van der Waals surface area (Å²) in [5, 5.41) is 11.5. The van der Waals surface area contributed by atoms with E-state index in [4.69, 9.17) is 4.74 Å². The lowest BCUT2D eigenvalue weighted by Gasteiger charge is -2.07. The third kappa shape index (κ3) is 3.95. The van der Waals surface area contributed by atoms with E-state index in [0.29, 0.717) is 6.61 Å². The molecule has 0 bridgehead atoms. The van der Waals surface area contributed by atoms with E-state index in [0.717, 1.165) is 33.8 Å². The maximum atomic E-state index is 5.81. The molecule has 3 aromatic rings. The molecule has 0 amide bonds. The first-order valence-corrected chi connectivity index (χ1v) is 9.42. The highest BCUT2D eigenvalue weighted by molar-refractivity contribution is 7.99. The smallest absolute Gasteiger partial charge is 0.191 e. The number of aromatic nitrogens is 3. The van der Waals surface area contributed by atoms with Crippen LogP contribution in [-0.2, 0) is 13.5 Å². The Kier molecular flexibility index (Phi) is 5.35. The first-order valence-electron chi connectivity index (χ1n) is 7.55. The quantitative estimate of drug-likeness (QED) is 0.473. The summed E-state index contributed by atoms with van der Waals surface area (Å²) < 4.78 is 7.85. The first-order chi connectivity index (χ1) is 11.3. The summed E-state index contributed by atoms with van der Waals surface area (Å²) in [5.41, 5.74) is 1.30. The molecule has 0 fully saturated rings. The zero-order valence-corrected chi connectivity index (χ0v) is 14.9. The highest BCUT2D eigenvalue weighted by atomic mass is 32.2. The lowest BCUT2D eigenvalue weighted by Crippen LogP contribution is -2.02. The summed E-state index contributed by atoms with van der Waals surface area (Å²) in [7, 11) is 2.00. The molecular formula is C17H19N3OS2. The Hall–Kier alpha value is -1.79. The van der Waals surface area contributed by atoms with E-state index < -0.39 is 0 Å². The molecule has 0 unspecified atom stereocenters. The van der Waals surface area contributed by atoms with Gasteiger partial charge in [0, 0.05) is 12.8 Å². The van der Waals surface area contributed by atoms with Crippen LogP contribution in [0.2, 0.25) is 0 Å². The third-order valence-corrected chi connectivity index (χ3v) is 5.32. The van der Waals surface area contributed by atoms with Gasteiger partial charge < -0.3 is 9.30 Å². The van der Waals surface area contributed by atoms with Gasteiger partial charge in [0.1, 0.15) is 5.75 Å². The molecule has 1 aromatic carbocycles. The standard InChI is InChI=1S/C17H19N3OS2/c1-3-13-6-4-7-14(12-13)21-9-11-23-17-19-18-16(20(17)2)15-8-5-10-22-15/h4-8,10,12H,3,9,11H2,1-2H3. The molecule has 6 heteroatoms. The van der Waals surface area contributed by atoms with Crippen molar-refractivity contribution in [2.24, 2.45) is 7.05 Å². The molecule has 0 radical (unpaired) electrons. The normalized spacial score (nSPS) is 10.9. The van der Waals surface area contributed by atoms with Crippen LogP contribution in [0.4, 0.5) is 0 Å². The average molecular weight is 345 g/mol. The molecule has 4 nitrogen and oxygen atoms in total. The summed E-state index contributed by atoms with van der Waals surface area (Å²) in [5.74, 6) is 2.69. The molecule has 3 rings (SSSR count). The summed E-state index contributed by atoms with van der Waals surface area (Å²) >= 11 is 3.34. The zero-order chi connectivity index (χ0) is 16.1. The molecule has 0 saturated heterocycles. The van der Waals surface area contributed by atoms with Crippen molar-refractivity contribution in [3.8, 4) is 16.5 Å². The Labute approximate surface area is 144 Å². The van der Waals surface area contributed by atoms with Crippen LogP contribution in [0.1, 0.15) is 12.5 Å². The predicted molar refractivity (Wildman–Crippen MR) is 96.4 cm³/mol. The SMILES string of the molecule is CCc1cccc(OCCSc2nnc(-c3cccs3)n2C)c1. The van der Waals surface area contributed by atoms with E-state index in [1.54, 1.807) is 23.1 Å². The molecule has 2 aromatic heterocycles. The van der Waals surface area contributed by atoms with Crippen molar-refractivity contribution in [3.63, 3.8) is 0 Å². The van der Waals surface area contributed by atoms with Crippen LogP contribution >= 0.6 is 23.1 Å². The van der Waals surface area contributed by atoms with Gasteiger partial charge in [-0.05, 0) is 35.6 Å². The van der Waals surface area contributed by atoms with Crippen molar-refractivity contribution in [2.45, 2.75) is 18.5 Å². The Balaban J connectivity index is 1.53. The number of ether oxygens (including phenoxy) is 1. The van der Waals surface area contributed by atoms with Crippen LogP contribution in [0.25, 0.3) is 10.7 Å². The Morgan fingerprint density at radius 3 is 2.91 bits per heavy atom. The summed E-state index contributed by atoms with van der Waals surface area (Å²) in [4.78, 5) is 1.14. The fourth-order valence-corrected chi connectivity index (χ4v) is 3.68. The maximum Gasteiger partial charge on any atom is 0.191 e. The highest BCUT2D eigenvalue weighted by Crippen LogP contribution is 2.26. The van der Waals surface area contributed by atoms with Gasteiger partial charge in [0.15, 0.2) is 11.0 Å². The number of benzene rings is 1. The Morgan fingerprint density at radius 1 is 1.22 bits per heavy atom. The van der Waals surface area contributed by atoms with Crippen LogP contribution in [-0.4, -0.2) is 27.1 Å². The molecular weight excluding hydrogens is 326 g/mol. The molecule has 0 N–H and O–H groups in total. The van der Waals surface area contributed by atoms with E-state index in [9.17, 15) is 0 Å². The summed E-state index contributed by atoms with van der Waals surface area (Å²) in [6, 6.07) is 12.3. The van der Waals surface area contributed by atoms with Gasteiger partial charge in [-0.15, -0.1) is 21.5 Å². The number of nitrogens with zero attached hydrogens (tertiary/aromatic N) is 3. The van der Waals surface area contributed by atoms with Crippen LogP contribution in [0.3, 0.4) is 0 Å². The van der Waals surface area contributed by atoms with Crippen molar-refractivity contribution in [2.75, 3.05) is 12.4 Å². The largest absolute Gasteiger partial charge is 0.493 e. The number of thiophene rings is 1. The van der Waals surface area contributed by atoms with E-state index in [1.807, 2.05) is 29.8 Å². The van der Waals surface area contributed by atoms with E-state index >= 15 is 0 Å². The fourth-order valence-electron chi connectivity index (χ4n) is 2.21. The third-order valence-electron chi connectivity index (χ3n) is 3.47. The van der Waals surface area contributed by atoms with Crippen molar-refractivity contribution in [1.82, 2.24) is 14.8 Å². The van der Waals surface area contributed by atoms with Gasteiger partial charge in [0.05, 0.1) is 11.5 Å². The Morgan fingerprint density at radius 2 is 2.13 bits per heavy atom. The summed E-state index contributed by atoms with van der Waals surface area (Å²) in [6.07, 6.45) is 1.02. The number of hydrogen-bond acceptors (Lipinski definition) is 5. The minimum Gasteiger partial charge on any atom is -0.493 e. The minimum atomic E-state index is 0.652. The zero-order valence-electron chi connectivity index (χ0n) is 13.2. The second kappa shape index (κ2) is 7.66. The van der Waals surface area contributed by atoms with E-state index in [1.165, 1.54) is 5.56 Å². The molecule has 0 aliphatic carbocycles. The number of rotatable bonds is 7. The number of hydrogen-bond donors (Lipinski definition) is 0. The molecule has 120 valence electrons. The van der Waals surface area contributed by atoms with Gasteiger partial charge in [-0.25, -0.2) is 0 Å². The van der Waals surface area contributed by atoms with Gasteiger partial charge in [-0.1, -0.05) is 36.9 Å². The van der Waals surface area contributed by atoms with E-state index in [2.05, 4.69) is 40.7 Å².